The van der Waals surface area contributed by atoms with Crippen LogP contribution in [-0.4, -0.2) is 12.2 Å². The monoisotopic (exact) mass is 217 g/mol. The average molecular weight is 217 g/mol. The number of hydrogen-bond acceptors (Lipinski definition) is 3. The number of nitrogens with zero attached hydrogens (tertiary/aromatic N) is 1. The molecule has 0 saturated heterocycles. The van der Waals surface area contributed by atoms with E-state index >= 15 is 0 Å². The maximum absolute atomic E-state index is 8.91. The summed E-state index contributed by atoms with van der Waals surface area (Å²) < 4.78 is 11.2. The van der Waals surface area contributed by atoms with Crippen molar-refractivity contribution >= 4 is 0 Å². The second-order valence-electron chi connectivity index (χ2n) is 4.29. The third-order valence-corrected chi connectivity index (χ3v) is 2.21. The van der Waals surface area contributed by atoms with Crippen LogP contribution < -0.4 is 9.47 Å². The van der Waals surface area contributed by atoms with Crippen LogP contribution in [0.2, 0.25) is 0 Å². The van der Waals surface area contributed by atoms with Gasteiger partial charge < -0.3 is 9.47 Å². The molecule has 0 atom stereocenters. The van der Waals surface area contributed by atoms with E-state index in [0.717, 1.165) is 18.6 Å². The highest BCUT2D eigenvalue weighted by molar-refractivity contribution is 5.44. The van der Waals surface area contributed by atoms with Crippen LogP contribution in [0, 0.1) is 11.3 Å². The first kappa shape index (κ1) is 10.8. The van der Waals surface area contributed by atoms with E-state index in [2.05, 4.69) is 6.07 Å². The minimum absolute atomic E-state index is 0.0997. The van der Waals surface area contributed by atoms with Crippen LogP contribution in [0.1, 0.15) is 32.3 Å². The molecule has 0 spiro atoms. The summed E-state index contributed by atoms with van der Waals surface area (Å²) in [5, 5.41) is 8.91. The lowest BCUT2D eigenvalue weighted by molar-refractivity contribution is 0.239. The molecule has 0 heterocycles. The third kappa shape index (κ3) is 2.90. The van der Waals surface area contributed by atoms with Gasteiger partial charge in [-0.25, -0.2) is 0 Å². The lowest BCUT2D eigenvalue weighted by Gasteiger charge is -2.12. The Hall–Kier alpha value is -1.69. The van der Waals surface area contributed by atoms with E-state index in [0.29, 0.717) is 17.4 Å². The molecule has 1 aliphatic rings. The van der Waals surface area contributed by atoms with Gasteiger partial charge in [-0.3, -0.25) is 0 Å². The zero-order valence-electron chi connectivity index (χ0n) is 9.56. The van der Waals surface area contributed by atoms with Gasteiger partial charge in [-0.05, 0) is 38.8 Å². The fourth-order valence-electron chi connectivity index (χ4n) is 1.42. The molecule has 16 heavy (non-hydrogen) atoms. The van der Waals surface area contributed by atoms with Gasteiger partial charge in [0, 0.05) is 6.07 Å². The summed E-state index contributed by atoms with van der Waals surface area (Å²) in [7, 11) is 0. The molecule has 1 fully saturated rings. The van der Waals surface area contributed by atoms with Crippen molar-refractivity contribution < 1.29 is 9.47 Å². The molecule has 1 saturated carbocycles. The van der Waals surface area contributed by atoms with E-state index in [-0.39, 0.29) is 6.10 Å². The third-order valence-electron chi connectivity index (χ3n) is 2.21. The molecular weight excluding hydrogens is 202 g/mol. The molecule has 0 N–H and O–H groups in total. The molecular formula is C13H15NO2. The Balaban J connectivity index is 2.19. The van der Waals surface area contributed by atoms with Crippen LogP contribution in [0.25, 0.3) is 0 Å². The first-order chi connectivity index (χ1) is 7.67. The van der Waals surface area contributed by atoms with E-state index in [1.54, 1.807) is 12.1 Å². The van der Waals surface area contributed by atoms with Gasteiger partial charge in [-0.1, -0.05) is 0 Å². The number of rotatable bonds is 4. The fourth-order valence-corrected chi connectivity index (χ4v) is 1.42. The van der Waals surface area contributed by atoms with E-state index in [1.165, 1.54) is 0 Å². The smallest absolute Gasteiger partial charge is 0.124 e. The predicted octanol–water partition coefficient (Wildman–Crippen LogP) is 2.89. The highest BCUT2D eigenvalue weighted by Gasteiger charge is 2.23. The minimum atomic E-state index is 0.0997. The first-order valence-electron chi connectivity index (χ1n) is 5.56. The first-order valence-corrected chi connectivity index (χ1v) is 5.56. The average Bonchev–Trinajstić information content (AvgIpc) is 3.00. The lowest BCUT2D eigenvalue weighted by atomic mass is 10.2. The zero-order valence-corrected chi connectivity index (χ0v) is 9.56. The van der Waals surface area contributed by atoms with E-state index < -0.39 is 0 Å². The molecule has 0 radical (unpaired) electrons. The van der Waals surface area contributed by atoms with Crippen molar-refractivity contribution in [2.24, 2.45) is 0 Å². The molecule has 0 aliphatic heterocycles. The van der Waals surface area contributed by atoms with E-state index in [4.69, 9.17) is 14.7 Å². The van der Waals surface area contributed by atoms with Crippen LogP contribution in [0.3, 0.4) is 0 Å². The standard InChI is InChI=1S/C13H15NO2/c1-9(2)15-12-5-10(8-14)6-13(7-12)16-11-3-4-11/h5-7,9,11H,3-4H2,1-2H3. The Kier molecular flexibility index (Phi) is 3.00. The van der Waals surface area contributed by atoms with Crippen molar-refractivity contribution in [2.75, 3.05) is 0 Å². The van der Waals surface area contributed by atoms with Crippen LogP contribution in [-0.2, 0) is 0 Å². The summed E-state index contributed by atoms with van der Waals surface area (Å²) in [4.78, 5) is 0. The van der Waals surface area contributed by atoms with Crippen LogP contribution >= 0.6 is 0 Å². The van der Waals surface area contributed by atoms with Crippen molar-refractivity contribution in [1.29, 1.82) is 5.26 Å². The molecule has 1 aromatic carbocycles. The van der Waals surface area contributed by atoms with Gasteiger partial charge in [-0.2, -0.15) is 5.26 Å². The van der Waals surface area contributed by atoms with E-state index in [1.807, 2.05) is 19.9 Å². The number of ether oxygens (including phenoxy) is 2. The van der Waals surface area contributed by atoms with Gasteiger partial charge in [-0.15, -0.1) is 0 Å². The van der Waals surface area contributed by atoms with Crippen molar-refractivity contribution in [3.63, 3.8) is 0 Å². The topological polar surface area (TPSA) is 42.2 Å². The molecule has 3 heteroatoms. The minimum Gasteiger partial charge on any atom is -0.491 e. The summed E-state index contributed by atoms with van der Waals surface area (Å²) in [6.45, 7) is 3.92. The van der Waals surface area contributed by atoms with Crippen molar-refractivity contribution in [2.45, 2.75) is 38.9 Å². The van der Waals surface area contributed by atoms with Gasteiger partial charge >= 0.3 is 0 Å². The molecule has 0 aromatic heterocycles. The Morgan fingerprint density at radius 2 is 1.94 bits per heavy atom. The maximum atomic E-state index is 8.91. The SMILES string of the molecule is CC(C)Oc1cc(C#N)cc(OC2CC2)c1. The molecule has 1 aliphatic carbocycles. The van der Waals surface area contributed by atoms with Gasteiger partial charge in [0.25, 0.3) is 0 Å². The predicted molar refractivity (Wildman–Crippen MR) is 60.6 cm³/mol. The summed E-state index contributed by atoms with van der Waals surface area (Å²) >= 11 is 0. The van der Waals surface area contributed by atoms with Crippen LogP contribution in [0.5, 0.6) is 11.5 Å². The van der Waals surface area contributed by atoms with Crippen LogP contribution in [0.4, 0.5) is 0 Å². The van der Waals surface area contributed by atoms with E-state index in [9.17, 15) is 0 Å². The summed E-state index contributed by atoms with van der Waals surface area (Å²) in [6.07, 6.45) is 2.65. The van der Waals surface area contributed by atoms with Crippen molar-refractivity contribution in [1.82, 2.24) is 0 Å². The largest absolute Gasteiger partial charge is 0.491 e. The highest BCUT2D eigenvalue weighted by Crippen LogP contribution is 2.30. The van der Waals surface area contributed by atoms with Crippen LogP contribution in [0.15, 0.2) is 18.2 Å². The fraction of sp³-hybridized carbons (Fsp3) is 0.462. The zero-order chi connectivity index (χ0) is 11.5. The number of nitriles is 1. The van der Waals surface area contributed by atoms with Gasteiger partial charge in [0.05, 0.1) is 23.8 Å². The second-order valence-corrected chi connectivity index (χ2v) is 4.29. The molecule has 0 bridgehead atoms. The van der Waals surface area contributed by atoms with Gasteiger partial charge in [0.15, 0.2) is 0 Å². The maximum Gasteiger partial charge on any atom is 0.124 e. The van der Waals surface area contributed by atoms with Crippen molar-refractivity contribution in [3.8, 4) is 17.6 Å². The Morgan fingerprint density at radius 3 is 2.50 bits per heavy atom. The number of benzene rings is 1. The molecule has 84 valence electrons. The molecule has 0 unspecified atom stereocenters. The molecule has 3 nitrogen and oxygen atoms in total. The van der Waals surface area contributed by atoms with Crippen molar-refractivity contribution in [3.05, 3.63) is 23.8 Å². The normalized spacial score (nSPS) is 14.6. The number of hydrogen-bond donors (Lipinski definition) is 0. The Labute approximate surface area is 95.6 Å². The summed E-state index contributed by atoms with van der Waals surface area (Å²) in [6, 6.07) is 7.45. The molecule has 2 rings (SSSR count). The summed E-state index contributed by atoms with van der Waals surface area (Å²) in [5.41, 5.74) is 0.578. The Bertz CT molecular complexity index is 394. The Morgan fingerprint density at radius 1 is 1.25 bits per heavy atom. The highest BCUT2D eigenvalue weighted by atomic mass is 16.5. The summed E-state index contributed by atoms with van der Waals surface area (Å²) in [5.74, 6) is 1.43. The molecule has 1 aromatic rings. The second kappa shape index (κ2) is 4.44. The quantitative estimate of drug-likeness (QED) is 0.778. The van der Waals surface area contributed by atoms with Gasteiger partial charge in [0.1, 0.15) is 11.5 Å². The molecule has 0 amide bonds. The van der Waals surface area contributed by atoms with Gasteiger partial charge in [0.2, 0.25) is 0 Å². The lowest BCUT2D eigenvalue weighted by Crippen LogP contribution is -2.06.